The van der Waals surface area contributed by atoms with Gasteiger partial charge in [-0.2, -0.15) is 0 Å². The number of benzene rings is 1. The Morgan fingerprint density at radius 3 is 2.65 bits per heavy atom. The molecule has 8 heteroatoms. The molecule has 23 heavy (non-hydrogen) atoms. The molecule has 0 spiro atoms. The van der Waals surface area contributed by atoms with Crippen LogP contribution in [0.5, 0.6) is 0 Å². The van der Waals surface area contributed by atoms with Gasteiger partial charge < -0.3 is 15.5 Å². The van der Waals surface area contributed by atoms with Gasteiger partial charge in [-0.25, -0.2) is 0 Å². The fourth-order valence-corrected chi connectivity index (χ4v) is 2.50. The van der Waals surface area contributed by atoms with Gasteiger partial charge in [0.2, 0.25) is 11.8 Å². The summed E-state index contributed by atoms with van der Waals surface area (Å²) < 4.78 is 0. The Balaban J connectivity index is 0.00000264. The predicted molar refractivity (Wildman–Crippen MR) is 94.3 cm³/mol. The first kappa shape index (κ1) is 19.7. The van der Waals surface area contributed by atoms with Crippen molar-refractivity contribution in [2.24, 2.45) is 0 Å². The minimum Gasteiger partial charge on any atom is -0.339 e. The minimum absolute atomic E-state index is 0. The summed E-state index contributed by atoms with van der Waals surface area (Å²) in [6, 6.07) is 6.98. The lowest BCUT2D eigenvalue weighted by atomic mass is 10.3. The quantitative estimate of drug-likeness (QED) is 0.824. The van der Waals surface area contributed by atoms with Crippen LogP contribution in [-0.2, 0) is 9.59 Å². The van der Waals surface area contributed by atoms with E-state index >= 15 is 0 Å². The number of carbonyl (C=O) groups is 2. The molecule has 0 atom stereocenters. The molecular formula is C15H22Cl2N4O2. The monoisotopic (exact) mass is 360 g/mol. The molecule has 6 nitrogen and oxygen atoms in total. The number of halogens is 2. The molecule has 1 aromatic carbocycles. The van der Waals surface area contributed by atoms with Gasteiger partial charge in [-0.3, -0.25) is 14.5 Å². The van der Waals surface area contributed by atoms with Crippen LogP contribution in [0.25, 0.3) is 0 Å². The second-order valence-electron chi connectivity index (χ2n) is 5.36. The van der Waals surface area contributed by atoms with E-state index in [1.165, 1.54) is 0 Å². The van der Waals surface area contributed by atoms with Crippen molar-refractivity contribution in [2.75, 3.05) is 51.6 Å². The first-order valence-electron chi connectivity index (χ1n) is 7.27. The van der Waals surface area contributed by atoms with Crippen LogP contribution in [0.4, 0.5) is 5.69 Å². The van der Waals surface area contributed by atoms with Crippen molar-refractivity contribution in [3.63, 3.8) is 0 Å². The fourth-order valence-electron chi connectivity index (χ4n) is 2.31. The van der Waals surface area contributed by atoms with E-state index < -0.39 is 0 Å². The highest BCUT2D eigenvalue weighted by Crippen LogP contribution is 2.14. The van der Waals surface area contributed by atoms with Crippen LogP contribution in [0.2, 0.25) is 5.02 Å². The molecule has 1 fully saturated rings. The van der Waals surface area contributed by atoms with Gasteiger partial charge in [0.25, 0.3) is 0 Å². The van der Waals surface area contributed by atoms with E-state index in [-0.39, 0.29) is 37.3 Å². The van der Waals surface area contributed by atoms with Gasteiger partial charge in [-0.1, -0.05) is 17.7 Å². The molecule has 0 bridgehead atoms. The highest BCUT2D eigenvalue weighted by Gasteiger charge is 2.18. The number of nitrogens with one attached hydrogen (secondary N) is 2. The van der Waals surface area contributed by atoms with E-state index in [2.05, 4.69) is 10.6 Å². The van der Waals surface area contributed by atoms with Crippen LogP contribution >= 0.6 is 24.0 Å². The molecule has 1 aliphatic rings. The molecule has 128 valence electrons. The highest BCUT2D eigenvalue weighted by atomic mass is 35.5. The molecule has 0 aromatic heterocycles. The van der Waals surface area contributed by atoms with Gasteiger partial charge in [-0.05, 0) is 25.2 Å². The molecule has 1 heterocycles. The van der Waals surface area contributed by atoms with Crippen molar-refractivity contribution in [1.29, 1.82) is 0 Å². The third-order valence-electron chi connectivity index (χ3n) is 3.40. The molecule has 2 N–H and O–H groups in total. The number of carbonyl (C=O) groups excluding carboxylic acids is 2. The Hall–Kier alpha value is -1.34. The summed E-state index contributed by atoms with van der Waals surface area (Å²) in [5.74, 6) is -0.113. The van der Waals surface area contributed by atoms with Gasteiger partial charge >= 0.3 is 0 Å². The second kappa shape index (κ2) is 9.72. The zero-order valence-electron chi connectivity index (χ0n) is 13.0. The minimum atomic E-state index is -0.169. The van der Waals surface area contributed by atoms with E-state index in [9.17, 15) is 9.59 Å². The van der Waals surface area contributed by atoms with Crippen molar-refractivity contribution >= 4 is 41.5 Å². The first-order valence-corrected chi connectivity index (χ1v) is 7.65. The van der Waals surface area contributed by atoms with Crippen LogP contribution in [0, 0.1) is 0 Å². The maximum atomic E-state index is 12.1. The number of likely N-dealkylation sites (N-methyl/N-ethyl adjacent to an activating group) is 1. The maximum Gasteiger partial charge on any atom is 0.238 e. The van der Waals surface area contributed by atoms with Crippen molar-refractivity contribution < 1.29 is 9.59 Å². The topological polar surface area (TPSA) is 64.7 Å². The maximum absolute atomic E-state index is 12.1. The van der Waals surface area contributed by atoms with Crippen LogP contribution < -0.4 is 10.6 Å². The summed E-state index contributed by atoms with van der Waals surface area (Å²) in [5, 5.41) is 6.54. The van der Waals surface area contributed by atoms with Gasteiger partial charge in [0.1, 0.15) is 0 Å². The number of hydrogen-bond acceptors (Lipinski definition) is 4. The lowest BCUT2D eigenvalue weighted by molar-refractivity contribution is -0.133. The van der Waals surface area contributed by atoms with E-state index in [1.54, 1.807) is 36.2 Å². The van der Waals surface area contributed by atoms with Gasteiger partial charge in [0.15, 0.2) is 0 Å². The summed E-state index contributed by atoms with van der Waals surface area (Å²) in [6.45, 7) is 3.49. The molecule has 2 rings (SSSR count). The average Bonchev–Trinajstić information content (AvgIpc) is 2.47. The summed E-state index contributed by atoms with van der Waals surface area (Å²) >= 11 is 5.87. The summed E-state index contributed by atoms with van der Waals surface area (Å²) in [5.41, 5.74) is 0.652. The largest absolute Gasteiger partial charge is 0.339 e. The van der Waals surface area contributed by atoms with Crippen molar-refractivity contribution in [3.05, 3.63) is 29.3 Å². The molecule has 1 saturated heterocycles. The summed E-state index contributed by atoms with van der Waals surface area (Å²) in [6.07, 6.45) is 0. The van der Waals surface area contributed by atoms with Crippen LogP contribution in [0.3, 0.4) is 0 Å². The van der Waals surface area contributed by atoms with Crippen molar-refractivity contribution in [2.45, 2.75) is 0 Å². The molecular weight excluding hydrogens is 339 g/mol. The normalized spacial score (nSPS) is 14.3. The number of piperazine rings is 1. The Labute approximate surface area is 147 Å². The van der Waals surface area contributed by atoms with Crippen molar-refractivity contribution in [3.8, 4) is 0 Å². The van der Waals surface area contributed by atoms with Gasteiger partial charge in [-0.15, -0.1) is 12.4 Å². The number of rotatable bonds is 5. The Kier molecular flexibility index (Phi) is 8.33. The molecule has 0 saturated carbocycles. The van der Waals surface area contributed by atoms with E-state index in [1.807, 2.05) is 4.90 Å². The van der Waals surface area contributed by atoms with Crippen molar-refractivity contribution in [1.82, 2.24) is 15.1 Å². The van der Waals surface area contributed by atoms with Crippen LogP contribution in [0.15, 0.2) is 24.3 Å². The van der Waals surface area contributed by atoms with Crippen LogP contribution in [-0.4, -0.2) is 67.9 Å². The molecule has 2 amide bonds. The molecule has 1 aromatic rings. The Morgan fingerprint density at radius 2 is 2.00 bits per heavy atom. The molecule has 1 aliphatic heterocycles. The smallest absolute Gasteiger partial charge is 0.238 e. The summed E-state index contributed by atoms with van der Waals surface area (Å²) in [7, 11) is 1.76. The van der Waals surface area contributed by atoms with Crippen LogP contribution in [0.1, 0.15) is 0 Å². The van der Waals surface area contributed by atoms with E-state index in [4.69, 9.17) is 11.6 Å². The van der Waals surface area contributed by atoms with E-state index in [0.29, 0.717) is 10.7 Å². The van der Waals surface area contributed by atoms with Gasteiger partial charge in [0.05, 0.1) is 13.1 Å². The second-order valence-corrected chi connectivity index (χ2v) is 5.80. The Morgan fingerprint density at radius 1 is 1.30 bits per heavy atom. The fraction of sp³-hybridized carbons (Fsp3) is 0.467. The Bertz CT molecular complexity index is 536. The third-order valence-corrected chi connectivity index (χ3v) is 3.63. The first-order chi connectivity index (χ1) is 10.5. The average molecular weight is 361 g/mol. The lowest BCUT2D eigenvalue weighted by Gasteiger charge is -2.29. The molecule has 0 aliphatic carbocycles. The zero-order valence-corrected chi connectivity index (χ0v) is 14.6. The standard InChI is InChI=1S/C15H21ClN4O2.ClH/c1-19(11-15(22)20-7-5-17-6-8-20)10-14(21)18-13-4-2-3-12(16)9-13;/h2-4,9,17H,5-8,10-11H2,1H3,(H,18,21);1H. The number of hydrogen-bond donors (Lipinski definition) is 2. The number of anilines is 1. The SMILES string of the molecule is CN(CC(=O)Nc1cccc(Cl)c1)CC(=O)N1CCNCC1.Cl. The molecule has 0 unspecified atom stereocenters. The number of nitrogens with zero attached hydrogens (tertiary/aromatic N) is 2. The molecule has 0 radical (unpaired) electrons. The third kappa shape index (κ3) is 6.74. The lowest BCUT2D eigenvalue weighted by Crippen LogP contribution is -2.49. The predicted octanol–water partition coefficient (Wildman–Crippen LogP) is 1.06. The van der Waals surface area contributed by atoms with Gasteiger partial charge in [0, 0.05) is 36.9 Å². The highest BCUT2D eigenvalue weighted by molar-refractivity contribution is 6.30. The number of amides is 2. The zero-order chi connectivity index (χ0) is 15.9. The van der Waals surface area contributed by atoms with E-state index in [0.717, 1.165) is 26.2 Å². The summed E-state index contributed by atoms with van der Waals surface area (Å²) in [4.78, 5) is 27.6.